The van der Waals surface area contributed by atoms with Crippen LogP contribution in [0.3, 0.4) is 0 Å². The van der Waals surface area contributed by atoms with Gasteiger partial charge in [-0.2, -0.15) is 0 Å². The van der Waals surface area contributed by atoms with Crippen molar-refractivity contribution in [2.75, 3.05) is 38.5 Å². The van der Waals surface area contributed by atoms with Gasteiger partial charge < -0.3 is 20.1 Å². The maximum absolute atomic E-state index is 13.8. The van der Waals surface area contributed by atoms with Gasteiger partial charge >= 0.3 is 0 Å². The predicted molar refractivity (Wildman–Crippen MR) is 137 cm³/mol. The van der Waals surface area contributed by atoms with Crippen LogP contribution in [0.2, 0.25) is 5.02 Å². The number of anilines is 1. The minimum absolute atomic E-state index is 0.00640. The summed E-state index contributed by atoms with van der Waals surface area (Å²) < 4.78 is 13.8. The number of rotatable bonds is 3. The Hall–Kier alpha value is -3.42. The molecular formula is C27H26ClFN4O2. The minimum Gasteiger partial charge on any atom is -0.358 e. The van der Waals surface area contributed by atoms with Crippen LogP contribution in [0.5, 0.6) is 0 Å². The van der Waals surface area contributed by atoms with Crippen LogP contribution in [0, 0.1) is 19.7 Å². The molecular weight excluding hydrogens is 467 g/mol. The van der Waals surface area contributed by atoms with Gasteiger partial charge in [0.1, 0.15) is 5.82 Å². The third kappa shape index (κ3) is 4.15. The van der Waals surface area contributed by atoms with E-state index in [1.165, 1.54) is 6.07 Å². The fraction of sp³-hybridized carbons (Fsp3) is 0.259. The number of aryl methyl sites for hydroxylation is 1. The van der Waals surface area contributed by atoms with Crippen LogP contribution in [-0.2, 0) is 4.79 Å². The van der Waals surface area contributed by atoms with Crippen molar-refractivity contribution in [3.8, 4) is 11.1 Å². The van der Waals surface area contributed by atoms with Gasteiger partial charge in [0.25, 0.3) is 11.8 Å². The fourth-order valence-corrected chi connectivity index (χ4v) is 5.02. The maximum atomic E-state index is 13.8. The molecule has 180 valence electrons. The van der Waals surface area contributed by atoms with Crippen LogP contribution in [-0.4, -0.2) is 59.8 Å². The second-order valence-electron chi connectivity index (χ2n) is 9.13. The van der Waals surface area contributed by atoms with Crippen molar-refractivity contribution in [2.45, 2.75) is 13.8 Å². The van der Waals surface area contributed by atoms with Crippen molar-refractivity contribution in [3.63, 3.8) is 0 Å². The summed E-state index contributed by atoms with van der Waals surface area (Å²) in [7, 11) is 2.05. The zero-order valence-corrected chi connectivity index (χ0v) is 20.6. The normalized spacial score (nSPS) is 17.1. The fourth-order valence-electron chi connectivity index (χ4n) is 4.84. The number of amides is 2. The van der Waals surface area contributed by atoms with Crippen LogP contribution >= 0.6 is 11.6 Å². The molecule has 1 fully saturated rings. The Bertz CT molecular complexity index is 1390. The predicted octanol–water partition coefficient (Wildman–Crippen LogP) is 4.97. The number of aromatic amines is 1. The highest BCUT2D eigenvalue weighted by Gasteiger charge is 2.29. The standard InChI is InChI=1S/C27H26ClFN4O2/c1-15-23(30-16(2)24(15)27(35)33-11-9-32(3)10-12-33)14-19-25-18(5-4-6-22(25)31-26(19)34)17-7-8-21(29)20(28)13-17/h4-8,13-14,30H,9-12H2,1-3H3,(H,31,34)/b19-14-. The van der Waals surface area contributed by atoms with E-state index >= 15 is 0 Å². The molecule has 6 nitrogen and oxygen atoms in total. The van der Waals surface area contributed by atoms with E-state index in [9.17, 15) is 14.0 Å². The van der Waals surface area contributed by atoms with Crippen molar-refractivity contribution < 1.29 is 14.0 Å². The number of halogens is 2. The van der Waals surface area contributed by atoms with Crippen molar-refractivity contribution in [1.29, 1.82) is 0 Å². The molecule has 0 aliphatic carbocycles. The first kappa shape index (κ1) is 23.3. The van der Waals surface area contributed by atoms with Gasteiger partial charge in [-0.3, -0.25) is 9.59 Å². The topological polar surface area (TPSA) is 68.4 Å². The molecule has 2 aliphatic rings. The summed E-state index contributed by atoms with van der Waals surface area (Å²) >= 11 is 6.04. The quantitative estimate of drug-likeness (QED) is 0.507. The number of carbonyl (C=O) groups is 2. The number of nitrogens with one attached hydrogen (secondary N) is 2. The van der Waals surface area contributed by atoms with Crippen LogP contribution in [0.25, 0.3) is 22.8 Å². The van der Waals surface area contributed by atoms with Crippen LogP contribution in [0.1, 0.15) is 32.9 Å². The summed E-state index contributed by atoms with van der Waals surface area (Å²) in [6.07, 6.45) is 1.79. The van der Waals surface area contributed by atoms with E-state index in [-0.39, 0.29) is 16.8 Å². The van der Waals surface area contributed by atoms with Gasteiger partial charge in [0.15, 0.2) is 0 Å². The zero-order chi connectivity index (χ0) is 24.9. The van der Waals surface area contributed by atoms with Crippen molar-refractivity contribution in [2.24, 2.45) is 0 Å². The van der Waals surface area contributed by atoms with E-state index < -0.39 is 5.82 Å². The summed E-state index contributed by atoms with van der Waals surface area (Å²) in [6.45, 7) is 6.85. The third-order valence-electron chi connectivity index (χ3n) is 6.83. The van der Waals surface area contributed by atoms with E-state index in [2.05, 4.69) is 22.2 Å². The SMILES string of the molecule is Cc1[nH]c(/C=C2\C(=O)Nc3cccc(-c4ccc(F)c(Cl)c4)c32)c(C)c1C(=O)N1CCN(C)CC1. The first-order valence-electron chi connectivity index (χ1n) is 11.5. The average Bonchev–Trinajstić information content (AvgIpc) is 3.30. The van der Waals surface area contributed by atoms with Crippen LogP contribution < -0.4 is 5.32 Å². The summed E-state index contributed by atoms with van der Waals surface area (Å²) in [6, 6.07) is 10.1. The minimum atomic E-state index is -0.497. The first-order valence-corrected chi connectivity index (χ1v) is 11.9. The number of hydrogen-bond donors (Lipinski definition) is 2. The van der Waals surface area contributed by atoms with Gasteiger partial charge in [-0.05, 0) is 61.9 Å². The highest BCUT2D eigenvalue weighted by Crippen LogP contribution is 2.41. The molecule has 0 unspecified atom stereocenters. The monoisotopic (exact) mass is 492 g/mol. The Morgan fingerprint density at radius 3 is 2.57 bits per heavy atom. The molecule has 3 heterocycles. The second kappa shape index (κ2) is 8.98. The van der Waals surface area contributed by atoms with Gasteiger partial charge in [-0.1, -0.05) is 29.8 Å². The van der Waals surface area contributed by atoms with Crippen molar-refractivity contribution in [1.82, 2.24) is 14.8 Å². The molecule has 3 aromatic rings. The van der Waals surface area contributed by atoms with Gasteiger partial charge in [0, 0.05) is 48.8 Å². The number of piperazine rings is 1. The molecule has 0 bridgehead atoms. The number of H-pyrrole nitrogens is 1. The lowest BCUT2D eigenvalue weighted by Gasteiger charge is -2.32. The van der Waals surface area contributed by atoms with Gasteiger partial charge in [0.2, 0.25) is 0 Å². The smallest absolute Gasteiger partial charge is 0.256 e. The van der Waals surface area contributed by atoms with Crippen LogP contribution in [0.15, 0.2) is 36.4 Å². The molecule has 35 heavy (non-hydrogen) atoms. The Morgan fingerprint density at radius 1 is 1.11 bits per heavy atom. The Kier molecular flexibility index (Phi) is 5.99. The molecule has 0 atom stereocenters. The molecule has 1 aromatic heterocycles. The molecule has 2 aromatic carbocycles. The maximum Gasteiger partial charge on any atom is 0.256 e. The van der Waals surface area contributed by atoms with Gasteiger partial charge in [-0.25, -0.2) is 4.39 Å². The molecule has 0 spiro atoms. The number of likely N-dealkylation sites (N-methyl/N-ethyl adjacent to an activating group) is 1. The largest absolute Gasteiger partial charge is 0.358 e. The highest BCUT2D eigenvalue weighted by atomic mass is 35.5. The van der Waals surface area contributed by atoms with E-state index in [1.807, 2.05) is 36.9 Å². The highest BCUT2D eigenvalue weighted by molar-refractivity contribution is 6.36. The molecule has 5 rings (SSSR count). The molecule has 2 aliphatic heterocycles. The zero-order valence-electron chi connectivity index (χ0n) is 19.8. The molecule has 1 saturated heterocycles. The summed E-state index contributed by atoms with van der Waals surface area (Å²) in [5.41, 5.74) is 6.29. The number of fused-ring (bicyclic) bond motifs is 1. The van der Waals surface area contributed by atoms with Crippen LogP contribution in [0.4, 0.5) is 10.1 Å². The Balaban J connectivity index is 1.56. The molecule has 2 N–H and O–H groups in total. The van der Waals surface area contributed by atoms with E-state index in [0.29, 0.717) is 41.2 Å². The lowest BCUT2D eigenvalue weighted by molar-refractivity contribution is -0.110. The van der Waals surface area contributed by atoms with E-state index in [1.54, 1.807) is 18.2 Å². The summed E-state index contributed by atoms with van der Waals surface area (Å²) in [5, 5.41) is 2.93. The number of carbonyl (C=O) groups excluding carboxylic acids is 2. The van der Waals surface area contributed by atoms with E-state index in [4.69, 9.17) is 11.6 Å². The summed E-state index contributed by atoms with van der Waals surface area (Å²) in [5.74, 6) is -0.728. The first-order chi connectivity index (χ1) is 16.7. The second-order valence-corrected chi connectivity index (χ2v) is 9.54. The summed E-state index contributed by atoms with van der Waals surface area (Å²) in [4.78, 5) is 33.7. The lowest BCUT2D eigenvalue weighted by Crippen LogP contribution is -2.47. The number of hydrogen-bond acceptors (Lipinski definition) is 3. The van der Waals surface area contributed by atoms with Gasteiger partial charge in [-0.15, -0.1) is 0 Å². The van der Waals surface area contributed by atoms with E-state index in [0.717, 1.165) is 35.5 Å². The van der Waals surface area contributed by atoms with Gasteiger partial charge in [0.05, 0.1) is 16.2 Å². The number of nitrogens with zero attached hydrogens (tertiary/aromatic N) is 2. The lowest BCUT2D eigenvalue weighted by atomic mass is 9.94. The molecule has 0 radical (unpaired) electrons. The third-order valence-corrected chi connectivity index (χ3v) is 7.12. The molecule has 0 saturated carbocycles. The number of aromatic nitrogens is 1. The van der Waals surface area contributed by atoms with Crippen molar-refractivity contribution >= 4 is 40.8 Å². The number of benzene rings is 2. The Morgan fingerprint density at radius 2 is 1.86 bits per heavy atom. The molecule has 8 heteroatoms. The molecule has 2 amide bonds. The average molecular weight is 493 g/mol. The van der Waals surface area contributed by atoms with Crippen molar-refractivity contribution in [3.05, 3.63) is 75.3 Å². The Labute approximate surface area is 208 Å².